The van der Waals surface area contributed by atoms with Gasteiger partial charge in [0, 0.05) is 18.2 Å². The maximum absolute atomic E-state index is 13.0. The Balaban J connectivity index is 1.48. The summed E-state index contributed by atoms with van der Waals surface area (Å²) in [4.78, 5) is 27.5. The fraction of sp³-hybridized carbons (Fsp3) is 0.227. The van der Waals surface area contributed by atoms with Gasteiger partial charge in [-0.25, -0.2) is 4.68 Å². The van der Waals surface area contributed by atoms with Crippen molar-refractivity contribution in [1.82, 2.24) is 14.7 Å². The molecule has 0 radical (unpaired) electrons. The zero-order chi connectivity index (χ0) is 21.1. The molecule has 0 unspecified atom stereocenters. The van der Waals surface area contributed by atoms with E-state index in [1.54, 1.807) is 40.0 Å². The number of carbonyl (C=O) groups excluding carboxylic acids is 2. The molecule has 8 heteroatoms. The van der Waals surface area contributed by atoms with E-state index in [1.165, 1.54) is 0 Å². The Morgan fingerprint density at radius 3 is 2.67 bits per heavy atom. The highest BCUT2D eigenvalue weighted by atomic mass is 35.5. The molecule has 0 bridgehead atoms. The molecule has 1 aromatic heterocycles. The molecule has 2 amide bonds. The molecule has 0 aliphatic carbocycles. The van der Waals surface area contributed by atoms with E-state index in [-0.39, 0.29) is 11.8 Å². The van der Waals surface area contributed by atoms with Crippen LogP contribution in [-0.4, -0.2) is 39.1 Å². The molecule has 4 rings (SSSR count). The summed E-state index contributed by atoms with van der Waals surface area (Å²) in [6, 6.07) is 15.6. The van der Waals surface area contributed by atoms with Crippen LogP contribution in [0.5, 0.6) is 0 Å². The Labute approximate surface area is 184 Å². The number of hydrogen-bond acceptors (Lipinski definition) is 3. The first-order valence-electron chi connectivity index (χ1n) is 9.66. The van der Waals surface area contributed by atoms with Crippen molar-refractivity contribution in [3.8, 4) is 0 Å². The topological polar surface area (TPSA) is 67.2 Å². The molecule has 30 heavy (non-hydrogen) atoms. The third-order valence-corrected chi connectivity index (χ3v) is 6.01. The summed E-state index contributed by atoms with van der Waals surface area (Å²) in [5.41, 5.74) is 1.38. The first kappa shape index (κ1) is 20.4. The second-order valence-corrected chi connectivity index (χ2v) is 7.88. The van der Waals surface area contributed by atoms with Gasteiger partial charge in [0.2, 0.25) is 5.91 Å². The van der Waals surface area contributed by atoms with Gasteiger partial charge in [-0.2, -0.15) is 5.10 Å². The number of carbonyl (C=O) groups is 2. The molecular weight excluding hydrogens is 423 g/mol. The van der Waals surface area contributed by atoms with E-state index in [0.29, 0.717) is 40.9 Å². The Morgan fingerprint density at radius 1 is 1.07 bits per heavy atom. The second kappa shape index (κ2) is 8.90. The van der Waals surface area contributed by atoms with Crippen molar-refractivity contribution < 1.29 is 9.59 Å². The van der Waals surface area contributed by atoms with Gasteiger partial charge in [-0.15, -0.1) is 0 Å². The number of anilines is 1. The Kier molecular flexibility index (Phi) is 6.06. The summed E-state index contributed by atoms with van der Waals surface area (Å²) in [6.45, 7) is 0.919. The van der Waals surface area contributed by atoms with Crippen LogP contribution in [0.4, 0.5) is 5.82 Å². The number of benzene rings is 2. The monoisotopic (exact) mass is 442 g/mol. The molecule has 0 spiro atoms. The van der Waals surface area contributed by atoms with Crippen molar-refractivity contribution in [3.05, 3.63) is 82.0 Å². The maximum atomic E-state index is 13.0. The summed E-state index contributed by atoms with van der Waals surface area (Å²) in [5.74, 6) is 0.179. The summed E-state index contributed by atoms with van der Waals surface area (Å²) in [6.07, 6.45) is 3.02. The number of nitrogens with one attached hydrogen (secondary N) is 1. The number of aromatic nitrogens is 2. The van der Waals surface area contributed by atoms with Crippen LogP contribution in [-0.2, 0) is 11.3 Å². The lowest BCUT2D eigenvalue weighted by Gasteiger charge is -2.24. The lowest BCUT2D eigenvalue weighted by molar-refractivity contribution is -0.119. The summed E-state index contributed by atoms with van der Waals surface area (Å²) in [5, 5.41) is 8.12. The maximum Gasteiger partial charge on any atom is 0.254 e. The van der Waals surface area contributed by atoms with Crippen LogP contribution in [0.2, 0.25) is 10.0 Å². The van der Waals surface area contributed by atoms with Crippen molar-refractivity contribution in [3.63, 3.8) is 0 Å². The number of hydrogen-bond donors (Lipinski definition) is 1. The summed E-state index contributed by atoms with van der Waals surface area (Å²) >= 11 is 12.4. The normalized spacial score (nSPS) is 15.9. The Bertz CT molecular complexity index is 1070. The van der Waals surface area contributed by atoms with Crippen LogP contribution in [0.15, 0.2) is 60.8 Å². The number of likely N-dealkylation sites (tertiary alicyclic amines) is 1. The predicted molar refractivity (Wildman–Crippen MR) is 117 cm³/mol. The van der Waals surface area contributed by atoms with Crippen LogP contribution in [0.3, 0.4) is 0 Å². The van der Waals surface area contributed by atoms with Crippen molar-refractivity contribution in [2.75, 3.05) is 11.9 Å². The Hall–Kier alpha value is -2.83. The molecule has 3 aromatic rings. The van der Waals surface area contributed by atoms with Gasteiger partial charge in [0.15, 0.2) is 0 Å². The van der Waals surface area contributed by atoms with E-state index in [0.717, 1.165) is 12.0 Å². The van der Waals surface area contributed by atoms with E-state index in [9.17, 15) is 9.59 Å². The molecule has 2 aromatic carbocycles. The molecule has 0 saturated carbocycles. The van der Waals surface area contributed by atoms with E-state index in [2.05, 4.69) is 10.4 Å². The van der Waals surface area contributed by atoms with Gasteiger partial charge in [0.1, 0.15) is 11.9 Å². The zero-order valence-electron chi connectivity index (χ0n) is 16.1. The van der Waals surface area contributed by atoms with Gasteiger partial charge in [-0.3, -0.25) is 9.59 Å². The van der Waals surface area contributed by atoms with E-state index < -0.39 is 6.04 Å². The fourth-order valence-corrected chi connectivity index (χ4v) is 4.02. The second-order valence-electron chi connectivity index (χ2n) is 7.10. The number of rotatable bonds is 5. The first-order valence-corrected chi connectivity index (χ1v) is 10.4. The van der Waals surface area contributed by atoms with E-state index >= 15 is 0 Å². The molecule has 1 aliphatic rings. The summed E-state index contributed by atoms with van der Waals surface area (Å²) < 4.78 is 1.65. The highest BCUT2D eigenvalue weighted by Gasteiger charge is 2.34. The predicted octanol–water partition coefficient (Wildman–Crippen LogP) is 4.48. The molecular formula is C22H20Cl2N4O2. The molecule has 2 heterocycles. The van der Waals surface area contributed by atoms with Crippen molar-refractivity contribution in [2.45, 2.75) is 25.4 Å². The molecule has 1 atom stereocenters. The quantitative estimate of drug-likeness (QED) is 0.632. The minimum atomic E-state index is -0.518. The van der Waals surface area contributed by atoms with Crippen molar-refractivity contribution in [2.24, 2.45) is 0 Å². The van der Waals surface area contributed by atoms with E-state index in [1.807, 2.05) is 30.3 Å². The fourth-order valence-electron chi connectivity index (χ4n) is 3.64. The van der Waals surface area contributed by atoms with Gasteiger partial charge < -0.3 is 10.2 Å². The SMILES string of the molecule is O=C(Nc1ccnn1Cc1cccc(Cl)c1Cl)[C@H]1CCCN1C(=O)c1ccccc1. The molecule has 1 N–H and O–H groups in total. The van der Waals surface area contributed by atoms with Crippen LogP contribution in [0.25, 0.3) is 0 Å². The third-order valence-electron chi connectivity index (χ3n) is 5.16. The molecule has 1 aliphatic heterocycles. The van der Waals surface area contributed by atoms with Crippen molar-refractivity contribution >= 4 is 40.8 Å². The first-order chi connectivity index (χ1) is 14.5. The highest BCUT2D eigenvalue weighted by molar-refractivity contribution is 6.42. The minimum Gasteiger partial charge on any atom is -0.327 e. The smallest absolute Gasteiger partial charge is 0.254 e. The molecule has 1 saturated heterocycles. The van der Waals surface area contributed by atoms with Crippen LogP contribution < -0.4 is 5.32 Å². The molecule has 6 nitrogen and oxygen atoms in total. The number of amides is 2. The van der Waals surface area contributed by atoms with Gasteiger partial charge >= 0.3 is 0 Å². The molecule has 1 fully saturated rings. The highest BCUT2D eigenvalue weighted by Crippen LogP contribution is 2.27. The van der Waals surface area contributed by atoms with Gasteiger partial charge in [0.05, 0.1) is 22.8 Å². The lowest BCUT2D eigenvalue weighted by Crippen LogP contribution is -2.43. The lowest BCUT2D eigenvalue weighted by atomic mass is 10.1. The van der Waals surface area contributed by atoms with Crippen molar-refractivity contribution in [1.29, 1.82) is 0 Å². The van der Waals surface area contributed by atoms with Crippen LogP contribution >= 0.6 is 23.2 Å². The van der Waals surface area contributed by atoms with Crippen LogP contribution in [0, 0.1) is 0 Å². The van der Waals surface area contributed by atoms with E-state index in [4.69, 9.17) is 23.2 Å². The average Bonchev–Trinajstić information content (AvgIpc) is 3.41. The summed E-state index contributed by atoms with van der Waals surface area (Å²) in [7, 11) is 0. The third kappa shape index (κ3) is 4.20. The number of nitrogens with zero attached hydrogens (tertiary/aromatic N) is 3. The minimum absolute atomic E-state index is 0.132. The van der Waals surface area contributed by atoms with Gasteiger partial charge in [-0.05, 0) is 36.6 Å². The average molecular weight is 443 g/mol. The van der Waals surface area contributed by atoms with Crippen LogP contribution in [0.1, 0.15) is 28.8 Å². The largest absolute Gasteiger partial charge is 0.327 e. The standard InChI is InChI=1S/C22H20Cl2N4O2/c23-17-9-4-8-16(20(17)24)14-28-19(11-12-25-28)26-21(29)18-10-5-13-27(18)22(30)15-6-2-1-3-7-15/h1-4,6-9,11-12,18H,5,10,13-14H2,(H,26,29)/t18-/m1/s1. The van der Waals surface area contributed by atoms with Gasteiger partial charge in [-0.1, -0.05) is 53.5 Å². The number of halogens is 2. The zero-order valence-corrected chi connectivity index (χ0v) is 17.6. The molecule has 154 valence electrons. The van der Waals surface area contributed by atoms with Gasteiger partial charge in [0.25, 0.3) is 5.91 Å². The Morgan fingerprint density at radius 2 is 1.87 bits per heavy atom.